The van der Waals surface area contributed by atoms with Crippen LogP contribution in [0.15, 0.2) is 0 Å². The summed E-state index contributed by atoms with van der Waals surface area (Å²) in [4.78, 5) is 25.5. The molecule has 0 radical (unpaired) electrons. The van der Waals surface area contributed by atoms with Crippen LogP contribution in [0.25, 0.3) is 0 Å². The molecule has 1 aliphatic heterocycles. The highest BCUT2D eigenvalue weighted by molar-refractivity contribution is 5.77. The van der Waals surface area contributed by atoms with Gasteiger partial charge < -0.3 is 15.3 Å². The summed E-state index contributed by atoms with van der Waals surface area (Å²) in [6.07, 6.45) is 6.35. The zero-order valence-electron chi connectivity index (χ0n) is 13.3. The first-order chi connectivity index (χ1) is 9.91. The fraction of sp³-hybridized carbons (Fsp3) is 0.875. The molecule has 2 amide bonds. The van der Waals surface area contributed by atoms with E-state index in [1.807, 2.05) is 6.92 Å². The Morgan fingerprint density at radius 3 is 2.24 bits per heavy atom. The molecule has 0 atom stereocenters. The van der Waals surface area contributed by atoms with Crippen molar-refractivity contribution in [3.8, 4) is 0 Å². The zero-order chi connectivity index (χ0) is 15.5. The summed E-state index contributed by atoms with van der Waals surface area (Å²) in [6.45, 7) is 6.07. The Balaban J connectivity index is 1.82. The van der Waals surface area contributed by atoms with Crippen LogP contribution in [-0.4, -0.2) is 41.6 Å². The minimum Gasteiger partial charge on any atom is -0.481 e. The van der Waals surface area contributed by atoms with Crippen LogP contribution < -0.4 is 5.32 Å². The van der Waals surface area contributed by atoms with Crippen LogP contribution in [0.4, 0.5) is 4.79 Å². The Hall–Kier alpha value is -1.26. The third-order valence-corrected chi connectivity index (χ3v) is 5.42. The van der Waals surface area contributed by atoms with E-state index >= 15 is 0 Å². The maximum atomic E-state index is 12.2. The number of nitrogens with one attached hydrogen (secondary N) is 1. The van der Waals surface area contributed by atoms with E-state index in [4.69, 9.17) is 0 Å². The summed E-state index contributed by atoms with van der Waals surface area (Å²) >= 11 is 0. The number of aliphatic carboxylic acids is 1. The lowest BCUT2D eigenvalue weighted by molar-refractivity contribution is -0.152. The van der Waals surface area contributed by atoms with E-state index in [9.17, 15) is 14.7 Å². The first-order valence-electron chi connectivity index (χ1n) is 8.17. The number of piperidine rings is 1. The number of hydrogen-bond acceptors (Lipinski definition) is 2. The van der Waals surface area contributed by atoms with Crippen molar-refractivity contribution in [3.05, 3.63) is 0 Å². The number of carboxylic acid groups (broad SMARTS) is 1. The number of carbonyl (C=O) groups excluding carboxylic acids is 1. The fourth-order valence-electron chi connectivity index (χ4n) is 3.55. The van der Waals surface area contributed by atoms with Crippen molar-refractivity contribution in [2.75, 3.05) is 19.6 Å². The van der Waals surface area contributed by atoms with Gasteiger partial charge in [0, 0.05) is 19.6 Å². The monoisotopic (exact) mass is 296 g/mol. The molecular weight excluding hydrogens is 268 g/mol. The molecule has 5 heteroatoms. The molecule has 1 saturated heterocycles. The second-order valence-electron chi connectivity index (χ2n) is 7.15. The molecule has 5 nitrogen and oxygen atoms in total. The molecule has 2 N–H and O–H groups in total. The highest BCUT2D eigenvalue weighted by Gasteiger charge is 2.41. The van der Waals surface area contributed by atoms with Crippen molar-refractivity contribution in [2.45, 2.75) is 58.8 Å². The summed E-state index contributed by atoms with van der Waals surface area (Å²) < 4.78 is 0. The van der Waals surface area contributed by atoms with Crippen molar-refractivity contribution < 1.29 is 14.7 Å². The van der Waals surface area contributed by atoms with Gasteiger partial charge >= 0.3 is 12.0 Å². The first kappa shape index (κ1) is 16.1. The van der Waals surface area contributed by atoms with Gasteiger partial charge in [0.15, 0.2) is 0 Å². The summed E-state index contributed by atoms with van der Waals surface area (Å²) in [5, 5.41) is 12.5. The van der Waals surface area contributed by atoms with Crippen molar-refractivity contribution in [1.82, 2.24) is 10.2 Å². The lowest BCUT2D eigenvalue weighted by Gasteiger charge is -2.41. The van der Waals surface area contributed by atoms with Gasteiger partial charge in [-0.2, -0.15) is 0 Å². The van der Waals surface area contributed by atoms with Gasteiger partial charge in [0.2, 0.25) is 0 Å². The van der Waals surface area contributed by atoms with Crippen molar-refractivity contribution in [3.63, 3.8) is 0 Å². The van der Waals surface area contributed by atoms with Crippen molar-refractivity contribution in [2.24, 2.45) is 10.8 Å². The highest BCUT2D eigenvalue weighted by atomic mass is 16.4. The fourth-order valence-corrected chi connectivity index (χ4v) is 3.55. The van der Waals surface area contributed by atoms with Crippen LogP contribution in [0, 0.1) is 10.8 Å². The van der Waals surface area contributed by atoms with Crippen LogP contribution >= 0.6 is 0 Å². The number of amides is 2. The third kappa shape index (κ3) is 3.50. The number of urea groups is 1. The predicted octanol–water partition coefficient (Wildman–Crippen LogP) is 2.85. The molecule has 2 rings (SSSR count). The normalized spacial score (nSPS) is 23.2. The quantitative estimate of drug-likeness (QED) is 0.819. The van der Waals surface area contributed by atoms with Crippen LogP contribution in [-0.2, 0) is 4.79 Å². The van der Waals surface area contributed by atoms with Gasteiger partial charge in [-0.3, -0.25) is 4.79 Å². The van der Waals surface area contributed by atoms with Gasteiger partial charge in [-0.1, -0.05) is 26.7 Å². The molecule has 0 spiro atoms. The predicted molar refractivity (Wildman–Crippen MR) is 81.1 cm³/mol. The molecule has 1 aliphatic carbocycles. The number of nitrogens with zero attached hydrogens (tertiary/aromatic N) is 1. The maximum Gasteiger partial charge on any atom is 0.317 e. The third-order valence-electron chi connectivity index (χ3n) is 5.42. The van der Waals surface area contributed by atoms with Crippen LogP contribution in [0.1, 0.15) is 58.8 Å². The molecule has 0 aromatic heterocycles. The lowest BCUT2D eigenvalue weighted by atomic mass is 9.70. The van der Waals surface area contributed by atoms with Gasteiger partial charge in [-0.05, 0) is 37.5 Å². The average molecular weight is 296 g/mol. The van der Waals surface area contributed by atoms with Crippen molar-refractivity contribution in [1.29, 1.82) is 0 Å². The minimum absolute atomic E-state index is 0.0291. The standard InChI is InChI=1S/C16H28N2O3/c1-3-5-16(13(19)20)8-10-18(11-9-16)14(21)17-12-15(2)6-4-7-15/h3-12H2,1-2H3,(H,17,21)(H,19,20). The Labute approximate surface area is 127 Å². The summed E-state index contributed by atoms with van der Waals surface area (Å²) in [5.41, 5.74) is -0.343. The molecule has 2 fully saturated rings. The maximum absolute atomic E-state index is 12.2. The molecule has 1 heterocycles. The van der Waals surface area contributed by atoms with Gasteiger partial charge in [-0.15, -0.1) is 0 Å². The Kier molecular flexibility index (Phi) is 4.79. The topological polar surface area (TPSA) is 69.6 Å². The molecule has 1 saturated carbocycles. The zero-order valence-corrected chi connectivity index (χ0v) is 13.3. The number of carbonyl (C=O) groups is 2. The summed E-state index contributed by atoms with van der Waals surface area (Å²) in [5.74, 6) is -0.702. The molecule has 0 aromatic carbocycles. The number of likely N-dealkylation sites (tertiary alicyclic amines) is 1. The second-order valence-corrected chi connectivity index (χ2v) is 7.15. The van der Waals surface area contributed by atoms with Gasteiger partial charge in [0.05, 0.1) is 5.41 Å². The molecule has 120 valence electrons. The van der Waals surface area contributed by atoms with E-state index in [2.05, 4.69) is 12.2 Å². The number of carboxylic acids is 1. The molecule has 0 aromatic rings. The van der Waals surface area contributed by atoms with Gasteiger partial charge in [0.1, 0.15) is 0 Å². The average Bonchev–Trinajstić information content (AvgIpc) is 2.43. The van der Waals surface area contributed by atoms with Crippen LogP contribution in [0.2, 0.25) is 0 Å². The molecule has 2 aliphatic rings. The second kappa shape index (κ2) is 6.24. The first-order valence-corrected chi connectivity index (χ1v) is 8.17. The summed E-state index contributed by atoms with van der Waals surface area (Å²) in [6, 6.07) is -0.0291. The Morgan fingerprint density at radius 1 is 1.19 bits per heavy atom. The molecular formula is C16H28N2O3. The smallest absolute Gasteiger partial charge is 0.317 e. The van der Waals surface area contributed by atoms with Gasteiger partial charge in [-0.25, -0.2) is 4.79 Å². The van der Waals surface area contributed by atoms with E-state index in [1.165, 1.54) is 19.3 Å². The number of rotatable bonds is 5. The van der Waals surface area contributed by atoms with Crippen LogP contribution in [0.3, 0.4) is 0 Å². The van der Waals surface area contributed by atoms with E-state index in [1.54, 1.807) is 4.90 Å². The summed E-state index contributed by atoms with van der Waals surface area (Å²) in [7, 11) is 0. The van der Waals surface area contributed by atoms with E-state index in [0.29, 0.717) is 32.4 Å². The number of hydrogen-bond donors (Lipinski definition) is 2. The van der Waals surface area contributed by atoms with E-state index < -0.39 is 11.4 Å². The molecule has 0 unspecified atom stereocenters. The van der Waals surface area contributed by atoms with E-state index in [0.717, 1.165) is 13.0 Å². The Bertz CT molecular complexity index is 396. The van der Waals surface area contributed by atoms with Crippen molar-refractivity contribution >= 4 is 12.0 Å². The molecule has 21 heavy (non-hydrogen) atoms. The Morgan fingerprint density at radius 2 is 1.81 bits per heavy atom. The van der Waals surface area contributed by atoms with Gasteiger partial charge in [0.25, 0.3) is 0 Å². The minimum atomic E-state index is -0.702. The van der Waals surface area contributed by atoms with E-state index in [-0.39, 0.29) is 11.4 Å². The largest absolute Gasteiger partial charge is 0.481 e. The lowest BCUT2D eigenvalue weighted by Crippen LogP contribution is -2.51. The van der Waals surface area contributed by atoms with Crippen LogP contribution in [0.5, 0.6) is 0 Å². The highest BCUT2D eigenvalue weighted by Crippen LogP contribution is 2.40. The SMILES string of the molecule is CCCC1(C(=O)O)CCN(C(=O)NCC2(C)CCC2)CC1. The molecule has 0 bridgehead atoms.